The molecule has 0 spiro atoms. The van der Waals surface area contributed by atoms with Crippen LogP contribution >= 0.6 is 0 Å². The number of rotatable bonds is 7. The highest BCUT2D eigenvalue weighted by atomic mass is 32.3. The van der Waals surface area contributed by atoms with E-state index in [1.807, 2.05) is 7.05 Å². The zero-order valence-electron chi connectivity index (χ0n) is 10.6. The molecule has 7 nitrogen and oxygen atoms in total. The van der Waals surface area contributed by atoms with E-state index in [0.717, 1.165) is 24.1 Å². The van der Waals surface area contributed by atoms with Crippen LogP contribution in [0.2, 0.25) is 0 Å². The Labute approximate surface area is 103 Å². The second-order valence-corrected chi connectivity index (χ2v) is 4.70. The molecule has 0 heterocycles. The third kappa shape index (κ3) is 13.7. The van der Waals surface area contributed by atoms with Crippen molar-refractivity contribution in [3.8, 4) is 0 Å². The lowest BCUT2D eigenvalue weighted by atomic mass is 10.4. The lowest BCUT2D eigenvalue weighted by Crippen LogP contribution is -2.47. The molecular weight excluding hydrogens is 250 g/mol. The van der Waals surface area contributed by atoms with Gasteiger partial charge in [-0.15, -0.1) is 0 Å². The van der Waals surface area contributed by atoms with Crippen LogP contribution in [0.3, 0.4) is 0 Å². The Balaban J connectivity index is 0. The maximum Gasteiger partial charge on any atom is 0.217 e. The molecule has 0 saturated carbocycles. The fraction of sp³-hybridized carbons (Fsp3) is 1.00. The van der Waals surface area contributed by atoms with Gasteiger partial charge in [-0.1, -0.05) is 0 Å². The Bertz CT molecular complexity index is 261. The van der Waals surface area contributed by atoms with Gasteiger partial charge in [0.15, 0.2) is 0 Å². The van der Waals surface area contributed by atoms with Crippen molar-refractivity contribution in [1.29, 1.82) is 0 Å². The molecule has 0 radical (unpaired) electrons. The number of likely N-dealkylation sites (N-methyl/N-ethyl adjacent to an activating group) is 1. The largest absolute Gasteiger partial charge is 0.726 e. The average Bonchev–Trinajstić information content (AvgIpc) is 2.17. The van der Waals surface area contributed by atoms with Crippen LogP contribution in [0.5, 0.6) is 0 Å². The molecule has 0 aromatic carbocycles. The number of quaternary nitrogens is 1. The Hall–Kier alpha value is -0.250. The summed E-state index contributed by atoms with van der Waals surface area (Å²) >= 11 is 0. The molecule has 0 aliphatic heterocycles. The summed E-state index contributed by atoms with van der Waals surface area (Å²) < 4.78 is 32.8. The summed E-state index contributed by atoms with van der Waals surface area (Å²) in [5.41, 5.74) is 0. The van der Waals surface area contributed by atoms with E-state index < -0.39 is 10.4 Å². The first-order chi connectivity index (χ1) is 7.74. The Morgan fingerprint density at radius 1 is 1.18 bits per heavy atom. The second-order valence-electron chi connectivity index (χ2n) is 3.64. The highest BCUT2D eigenvalue weighted by molar-refractivity contribution is 7.80. The van der Waals surface area contributed by atoms with Crippen LogP contribution in [-0.4, -0.2) is 74.2 Å². The van der Waals surface area contributed by atoms with Crippen LogP contribution in [0.1, 0.15) is 13.8 Å². The molecular formula is C9H23NO6S. The molecule has 106 valence electrons. The van der Waals surface area contributed by atoms with Gasteiger partial charge in [0.2, 0.25) is 10.4 Å². The van der Waals surface area contributed by atoms with E-state index in [4.69, 9.17) is 10.2 Å². The molecule has 0 fully saturated rings. The van der Waals surface area contributed by atoms with Crippen molar-refractivity contribution in [2.45, 2.75) is 13.8 Å². The van der Waals surface area contributed by atoms with E-state index >= 15 is 0 Å². The predicted molar refractivity (Wildman–Crippen MR) is 62.0 cm³/mol. The fourth-order valence-corrected chi connectivity index (χ4v) is 1.34. The molecule has 0 rings (SSSR count). The van der Waals surface area contributed by atoms with Gasteiger partial charge in [0, 0.05) is 0 Å². The minimum Gasteiger partial charge on any atom is -0.726 e. The van der Waals surface area contributed by atoms with Gasteiger partial charge < -0.3 is 19.2 Å². The standard InChI is InChI=1S/C7H18NO2.C2H6O4S/c1-3-8(2,4-6-9)5-7-10;1-2-6-7(3,4)5/h9-10H,3-7H2,1-2H3;2H2,1H3,(H,3,4,5)/q+1;/p-1. The van der Waals surface area contributed by atoms with E-state index in [2.05, 4.69) is 11.1 Å². The third-order valence-electron chi connectivity index (χ3n) is 2.31. The van der Waals surface area contributed by atoms with Crippen LogP contribution in [0.15, 0.2) is 0 Å². The van der Waals surface area contributed by atoms with Gasteiger partial charge in [-0.05, 0) is 13.8 Å². The van der Waals surface area contributed by atoms with E-state index in [-0.39, 0.29) is 19.8 Å². The van der Waals surface area contributed by atoms with Gasteiger partial charge in [-0.2, -0.15) is 0 Å². The number of hydrogen-bond donors (Lipinski definition) is 2. The van der Waals surface area contributed by atoms with E-state index in [1.54, 1.807) is 0 Å². The van der Waals surface area contributed by atoms with E-state index in [9.17, 15) is 13.0 Å². The molecule has 0 aliphatic rings. The SMILES string of the molecule is CCOS(=O)(=O)[O-].CC[N+](C)(CCO)CCO. The summed E-state index contributed by atoms with van der Waals surface area (Å²) in [5, 5.41) is 17.3. The maximum atomic E-state index is 9.45. The van der Waals surface area contributed by atoms with Crippen molar-refractivity contribution < 1.29 is 31.8 Å². The van der Waals surface area contributed by atoms with Crippen LogP contribution < -0.4 is 0 Å². The third-order valence-corrected chi connectivity index (χ3v) is 2.83. The van der Waals surface area contributed by atoms with E-state index in [0.29, 0.717) is 0 Å². The average molecular weight is 273 g/mol. The van der Waals surface area contributed by atoms with Gasteiger partial charge in [-0.25, -0.2) is 8.42 Å². The van der Waals surface area contributed by atoms with Crippen molar-refractivity contribution in [3.63, 3.8) is 0 Å². The molecule has 0 atom stereocenters. The normalized spacial score (nSPS) is 11.9. The molecule has 0 aromatic heterocycles. The number of aliphatic hydroxyl groups is 2. The first kappa shape index (κ1) is 19.1. The maximum absolute atomic E-state index is 9.45. The molecule has 0 amide bonds. The monoisotopic (exact) mass is 273 g/mol. The number of hydrogen-bond acceptors (Lipinski definition) is 6. The molecule has 8 heteroatoms. The van der Waals surface area contributed by atoms with Crippen molar-refractivity contribution in [2.24, 2.45) is 0 Å². The number of aliphatic hydroxyl groups excluding tert-OH is 2. The summed E-state index contributed by atoms with van der Waals surface area (Å²) in [6.45, 7) is 6.22. The fourth-order valence-electron chi connectivity index (χ4n) is 1.06. The van der Waals surface area contributed by atoms with Gasteiger partial charge in [0.05, 0.1) is 33.4 Å². The lowest BCUT2D eigenvalue weighted by Gasteiger charge is -2.31. The lowest BCUT2D eigenvalue weighted by molar-refractivity contribution is -0.908. The smallest absolute Gasteiger partial charge is 0.217 e. The topological polar surface area (TPSA) is 107 Å². The Kier molecular flexibility index (Phi) is 10.9. The van der Waals surface area contributed by atoms with Crippen LogP contribution in [-0.2, 0) is 14.6 Å². The van der Waals surface area contributed by atoms with Gasteiger partial charge in [0.25, 0.3) is 0 Å². The van der Waals surface area contributed by atoms with Crippen LogP contribution in [0.4, 0.5) is 0 Å². The predicted octanol–water partition coefficient (Wildman–Crippen LogP) is -1.08. The van der Waals surface area contributed by atoms with Crippen molar-refractivity contribution in [3.05, 3.63) is 0 Å². The quantitative estimate of drug-likeness (QED) is 0.347. The van der Waals surface area contributed by atoms with E-state index in [1.165, 1.54) is 6.92 Å². The molecule has 0 saturated heterocycles. The zero-order valence-corrected chi connectivity index (χ0v) is 11.4. The van der Waals surface area contributed by atoms with Gasteiger partial charge >= 0.3 is 0 Å². The van der Waals surface area contributed by atoms with Crippen molar-refractivity contribution >= 4 is 10.4 Å². The molecule has 17 heavy (non-hydrogen) atoms. The second kappa shape index (κ2) is 9.75. The summed E-state index contributed by atoms with van der Waals surface area (Å²) in [4.78, 5) is 0. The minimum atomic E-state index is -4.42. The first-order valence-corrected chi connectivity index (χ1v) is 6.73. The van der Waals surface area contributed by atoms with Gasteiger partial charge in [-0.3, -0.25) is 4.18 Å². The Morgan fingerprint density at radius 2 is 1.59 bits per heavy atom. The zero-order chi connectivity index (χ0) is 13.9. The van der Waals surface area contributed by atoms with Crippen LogP contribution in [0.25, 0.3) is 0 Å². The molecule has 0 aromatic rings. The molecule has 0 aliphatic carbocycles. The van der Waals surface area contributed by atoms with Gasteiger partial charge in [0.1, 0.15) is 13.1 Å². The van der Waals surface area contributed by atoms with Crippen molar-refractivity contribution in [1.82, 2.24) is 0 Å². The minimum absolute atomic E-state index is 0.0914. The number of nitrogens with zero attached hydrogens (tertiary/aromatic N) is 1. The molecule has 0 bridgehead atoms. The van der Waals surface area contributed by atoms with Crippen molar-refractivity contribution in [2.75, 3.05) is 46.5 Å². The van der Waals surface area contributed by atoms with Crippen LogP contribution in [0, 0.1) is 0 Å². The Morgan fingerprint density at radius 3 is 1.71 bits per heavy atom. The highest BCUT2D eigenvalue weighted by Gasteiger charge is 2.16. The molecule has 2 N–H and O–H groups in total. The highest BCUT2D eigenvalue weighted by Crippen LogP contribution is 1.98. The molecule has 0 unspecified atom stereocenters. The summed E-state index contributed by atoms with van der Waals surface area (Å²) in [7, 11) is -2.39. The first-order valence-electron chi connectivity index (χ1n) is 5.40. The summed E-state index contributed by atoms with van der Waals surface area (Å²) in [6.07, 6.45) is 0. The summed E-state index contributed by atoms with van der Waals surface area (Å²) in [6, 6.07) is 0. The summed E-state index contributed by atoms with van der Waals surface area (Å²) in [5.74, 6) is 0.